The molecular weight excluding hydrogens is 420 g/mol. The molecule has 0 aliphatic carbocycles. The van der Waals surface area contributed by atoms with E-state index < -0.39 is 0 Å². The Morgan fingerprint density at radius 2 is 1.72 bits per heavy atom. The molecule has 160 valence electrons. The van der Waals surface area contributed by atoms with Crippen LogP contribution in [-0.4, -0.2) is 18.9 Å². The molecule has 0 bridgehead atoms. The molecule has 0 unspecified atom stereocenters. The lowest BCUT2D eigenvalue weighted by molar-refractivity contribution is 0.416. The summed E-state index contributed by atoms with van der Waals surface area (Å²) in [7, 11) is 1.55. The minimum Gasteiger partial charge on any atom is -0.505 e. The number of nitrogens with zero attached hydrogens (tertiary/aromatic N) is 3. The smallest absolute Gasteiger partial charge is 0.152 e. The zero-order valence-corrected chi connectivity index (χ0v) is 18.6. The maximum Gasteiger partial charge on any atom is 0.152 e. The number of anilines is 2. The number of methoxy groups -OCH3 is 1. The molecule has 0 aliphatic heterocycles. The summed E-state index contributed by atoms with van der Waals surface area (Å²) < 4.78 is 5.39. The van der Waals surface area contributed by atoms with Crippen molar-refractivity contribution in [2.24, 2.45) is 15.2 Å². The van der Waals surface area contributed by atoms with Gasteiger partial charge in [0.2, 0.25) is 0 Å². The van der Waals surface area contributed by atoms with Crippen molar-refractivity contribution < 1.29 is 9.84 Å². The Kier molecular flexibility index (Phi) is 6.09. The van der Waals surface area contributed by atoms with E-state index in [9.17, 15) is 5.11 Å². The van der Waals surface area contributed by atoms with Gasteiger partial charge in [0, 0.05) is 27.7 Å². The lowest BCUT2D eigenvalue weighted by Crippen LogP contribution is -1.89. The number of azo groups is 1. The third-order valence-corrected chi connectivity index (χ3v) is 5.39. The number of fused-ring (bicyclic) bond motifs is 1. The van der Waals surface area contributed by atoms with Crippen LogP contribution in [0.2, 0.25) is 0 Å². The number of aromatic hydroxyl groups is 1. The molecular formula is C25H22N4O2S. The van der Waals surface area contributed by atoms with E-state index in [1.807, 2.05) is 67.6 Å². The molecule has 0 atom stereocenters. The van der Waals surface area contributed by atoms with E-state index in [0.29, 0.717) is 27.4 Å². The summed E-state index contributed by atoms with van der Waals surface area (Å²) in [6.45, 7) is 5.47. The summed E-state index contributed by atoms with van der Waals surface area (Å²) in [5, 5.41) is 24.3. The van der Waals surface area contributed by atoms with Gasteiger partial charge in [-0.2, -0.15) is 0 Å². The van der Waals surface area contributed by atoms with Crippen molar-refractivity contribution in [3.8, 4) is 11.5 Å². The van der Waals surface area contributed by atoms with Gasteiger partial charge >= 0.3 is 0 Å². The number of hydrogen-bond donors (Lipinski definition) is 3. The molecule has 0 aliphatic rings. The first-order valence-electron chi connectivity index (χ1n) is 9.88. The van der Waals surface area contributed by atoms with E-state index in [-0.39, 0.29) is 11.4 Å². The average molecular weight is 443 g/mol. The van der Waals surface area contributed by atoms with E-state index >= 15 is 0 Å². The highest BCUT2D eigenvalue weighted by atomic mass is 32.1. The van der Waals surface area contributed by atoms with Crippen LogP contribution in [0.1, 0.15) is 5.56 Å². The molecule has 0 fully saturated rings. The molecule has 0 aromatic heterocycles. The van der Waals surface area contributed by atoms with Crippen LogP contribution in [0, 0.1) is 6.92 Å². The molecule has 4 rings (SSSR count). The summed E-state index contributed by atoms with van der Waals surface area (Å²) in [5.41, 5.74) is 4.30. The van der Waals surface area contributed by atoms with Gasteiger partial charge in [0.1, 0.15) is 17.1 Å². The van der Waals surface area contributed by atoms with Gasteiger partial charge in [-0.05, 0) is 67.1 Å². The zero-order chi connectivity index (χ0) is 22.7. The number of phenols is 1. The SMILES string of the molecule is C=Nc1cc(OC)c(N=Nc2c(S)cc3cc(Nc4ccccc4)ccc3c2O)cc1C. The first kappa shape index (κ1) is 21.4. The van der Waals surface area contributed by atoms with Gasteiger partial charge in [-0.25, -0.2) is 0 Å². The van der Waals surface area contributed by atoms with E-state index in [1.54, 1.807) is 13.2 Å². The summed E-state index contributed by atoms with van der Waals surface area (Å²) >= 11 is 4.54. The molecule has 0 saturated carbocycles. The molecule has 2 N–H and O–H groups in total. The predicted octanol–water partition coefficient (Wildman–Crippen LogP) is 7.64. The van der Waals surface area contributed by atoms with E-state index in [1.165, 1.54) is 0 Å². The third-order valence-electron chi connectivity index (χ3n) is 5.05. The minimum atomic E-state index is 0.0163. The predicted molar refractivity (Wildman–Crippen MR) is 134 cm³/mol. The molecule has 6 nitrogen and oxygen atoms in total. The Hall–Kier alpha value is -3.84. The van der Waals surface area contributed by atoms with Gasteiger partial charge in [-0.3, -0.25) is 4.99 Å². The number of para-hydroxylation sites is 1. The Bertz CT molecular complexity index is 1340. The number of ether oxygens (including phenoxy) is 1. The Balaban J connectivity index is 1.70. The number of aryl methyl sites for hydroxylation is 1. The fourth-order valence-electron chi connectivity index (χ4n) is 3.40. The Labute approximate surface area is 191 Å². The number of hydrogen-bond acceptors (Lipinski definition) is 7. The molecule has 0 spiro atoms. The number of benzene rings is 4. The number of thiol groups is 1. The molecule has 0 amide bonds. The number of rotatable bonds is 6. The van der Waals surface area contributed by atoms with Crippen LogP contribution in [0.25, 0.3) is 10.8 Å². The van der Waals surface area contributed by atoms with Crippen LogP contribution >= 0.6 is 12.6 Å². The molecule has 4 aromatic carbocycles. The van der Waals surface area contributed by atoms with Crippen molar-refractivity contribution in [3.63, 3.8) is 0 Å². The number of phenolic OH excluding ortho intramolecular Hbond substituents is 1. The maximum absolute atomic E-state index is 10.9. The topological polar surface area (TPSA) is 78.6 Å². The normalized spacial score (nSPS) is 11.1. The average Bonchev–Trinajstić information content (AvgIpc) is 2.79. The van der Waals surface area contributed by atoms with Crippen molar-refractivity contribution in [1.82, 2.24) is 0 Å². The second-order valence-electron chi connectivity index (χ2n) is 7.19. The summed E-state index contributed by atoms with van der Waals surface area (Å²) in [4.78, 5) is 4.48. The van der Waals surface area contributed by atoms with Gasteiger partial charge in [0.05, 0.1) is 12.8 Å². The van der Waals surface area contributed by atoms with E-state index in [2.05, 4.69) is 39.9 Å². The quantitative estimate of drug-likeness (QED) is 0.163. The van der Waals surface area contributed by atoms with Crippen LogP contribution in [0.15, 0.2) is 86.8 Å². The summed E-state index contributed by atoms with van der Waals surface area (Å²) in [6.07, 6.45) is 0. The van der Waals surface area contributed by atoms with Crippen LogP contribution in [0.4, 0.5) is 28.4 Å². The Morgan fingerprint density at radius 1 is 0.938 bits per heavy atom. The van der Waals surface area contributed by atoms with Crippen LogP contribution in [-0.2, 0) is 0 Å². The van der Waals surface area contributed by atoms with Gasteiger partial charge in [0.25, 0.3) is 0 Å². The standard InChI is InChI=1S/C25H22N4O2S/c1-15-11-21(22(31-3)14-20(15)26-2)28-29-24-23(32)13-16-12-18(9-10-19(16)25(24)30)27-17-7-5-4-6-8-17/h4-14,27,30,32H,2H2,1,3H3. The largest absolute Gasteiger partial charge is 0.505 e. The van der Waals surface area contributed by atoms with Crippen molar-refractivity contribution in [2.75, 3.05) is 12.4 Å². The highest BCUT2D eigenvalue weighted by Crippen LogP contribution is 2.43. The Morgan fingerprint density at radius 3 is 2.44 bits per heavy atom. The second kappa shape index (κ2) is 9.11. The van der Waals surface area contributed by atoms with Crippen molar-refractivity contribution >= 4 is 58.6 Å². The minimum absolute atomic E-state index is 0.0163. The van der Waals surface area contributed by atoms with Crippen molar-refractivity contribution in [3.05, 3.63) is 72.3 Å². The van der Waals surface area contributed by atoms with Crippen LogP contribution in [0.5, 0.6) is 11.5 Å². The molecule has 4 aromatic rings. The van der Waals surface area contributed by atoms with Crippen LogP contribution in [0.3, 0.4) is 0 Å². The fourth-order valence-corrected chi connectivity index (χ4v) is 3.69. The third kappa shape index (κ3) is 4.29. The lowest BCUT2D eigenvalue weighted by Gasteiger charge is -2.11. The second-order valence-corrected chi connectivity index (χ2v) is 7.67. The highest BCUT2D eigenvalue weighted by molar-refractivity contribution is 7.80. The summed E-state index contributed by atoms with van der Waals surface area (Å²) in [6, 6.07) is 21.0. The highest BCUT2D eigenvalue weighted by Gasteiger charge is 2.13. The summed E-state index contributed by atoms with van der Waals surface area (Å²) in [5.74, 6) is 0.530. The molecule has 0 radical (unpaired) electrons. The van der Waals surface area contributed by atoms with Gasteiger partial charge in [0.15, 0.2) is 5.75 Å². The van der Waals surface area contributed by atoms with E-state index in [4.69, 9.17) is 4.74 Å². The number of aliphatic imine (C=N–C) groups is 1. The van der Waals surface area contributed by atoms with Crippen molar-refractivity contribution in [1.29, 1.82) is 0 Å². The van der Waals surface area contributed by atoms with Gasteiger partial charge in [-0.1, -0.05) is 18.2 Å². The maximum atomic E-state index is 10.9. The monoisotopic (exact) mass is 442 g/mol. The number of nitrogens with one attached hydrogen (secondary N) is 1. The first-order valence-corrected chi connectivity index (χ1v) is 10.3. The lowest BCUT2D eigenvalue weighted by atomic mass is 10.1. The molecule has 0 saturated heterocycles. The molecule has 7 heteroatoms. The van der Waals surface area contributed by atoms with Gasteiger partial charge in [-0.15, -0.1) is 22.9 Å². The fraction of sp³-hybridized carbons (Fsp3) is 0.0800. The first-order chi connectivity index (χ1) is 15.5. The molecule has 0 heterocycles. The molecule has 32 heavy (non-hydrogen) atoms. The van der Waals surface area contributed by atoms with Gasteiger partial charge < -0.3 is 15.2 Å². The zero-order valence-electron chi connectivity index (χ0n) is 17.7. The van der Waals surface area contributed by atoms with Crippen LogP contribution < -0.4 is 10.1 Å². The van der Waals surface area contributed by atoms with Crippen molar-refractivity contribution in [2.45, 2.75) is 11.8 Å². The van der Waals surface area contributed by atoms with E-state index in [0.717, 1.165) is 22.3 Å².